The average Bonchev–Trinajstić information content (AvgIpc) is 3.12. The molecule has 1 aromatic carbocycles. The molecule has 2 fully saturated rings. The Morgan fingerprint density at radius 1 is 1.09 bits per heavy atom. The van der Waals surface area contributed by atoms with Gasteiger partial charge in [-0.25, -0.2) is 0 Å². The minimum absolute atomic E-state index is 0.0566. The van der Waals surface area contributed by atoms with Gasteiger partial charge in [-0.05, 0) is 44.5 Å². The van der Waals surface area contributed by atoms with Crippen molar-refractivity contribution in [2.24, 2.45) is 0 Å². The number of hydrogen-bond acceptors (Lipinski definition) is 8. The van der Waals surface area contributed by atoms with E-state index < -0.39 is 54.4 Å². The molecule has 0 bridgehead atoms. The van der Waals surface area contributed by atoms with Crippen LogP contribution in [0.15, 0.2) is 30.3 Å². The molecule has 2 aliphatic rings. The summed E-state index contributed by atoms with van der Waals surface area (Å²) in [5.41, 5.74) is -0.292. The zero-order valence-corrected chi connectivity index (χ0v) is 23.6. The van der Waals surface area contributed by atoms with Gasteiger partial charge in [0.2, 0.25) is 0 Å². The molecule has 0 spiro atoms. The maximum Gasteiger partial charge on any atom is 0.264 e. The van der Waals surface area contributed by atoms with Gasteiger partial charge in [0.15, 0.2) is 20.4 Å². The summed E-state index contributed by atoms with van der Waals surface area (Å²) in [6.45, 7) is 16.4. The summed E-state index contributed by atoms with van der Waals surface area (Å²) in [7, 11) is -6.01. The summed E-state index contributed by atoms with van der Waals surface area (Å²) >= 11 is 0. The number of ether oxygens (including phenoxy) is 4. The molecule has 1 aromatic rings. The molecule has 3 rings (SSSR count). The van der Waals surface area contributed by atoms with E-state index in [1.165, 1.54) is 0 Å². The molecule has 2 heterocycles. The predicted octanol–water partition coefficient (Wildman–Crippen LogP) is 4.20. The monoisotopic (exact) mass is 516 g/mol. The topological polar surface area (TPSA) is 89.5 Å². The molecule has 0 aromatic heterocycles. The highest BCUT2D eigenvalue weighted by molar-refractivity contribution is 7.86. The Morgan fingerprint density at radius 2 is 1.71 bits per heavy atom. The van der Waals surface area contributed by atoms with Gasteiger partial charge < -0.3 is 23.4 Å². The maximum absolute atomic E-state index is 12.1. The van der Waals surface area contributed by atoms with Crippen molar-refractivity contribution in [3.63, 3.8) is 0 Å². The third-order valence-corrected chi connectivity index (χ3v) is 12.1. The van der Waals surface area contributed by atoms with E-state index in [0.717, 1.165) is 11.8 Å². The second-order valence-electron chi connectivity index (χ2n) is 11.3. The van der Waals surface area contributed by atoms with E-state index in [0.29, 0.717) is 0 Å². The number of benzene rings is 1. The molecule has 0 unspecified atom stereocenters. The highest BCUT2D eigenvalue weighted by Gasteiger charge is 2.66. The largest absolute Gasteiger partial charge is 0.414 e. The van der Waals surface area contributed by atoms with Gasteiger partial charge in [0.05, 0.1) is 19.5 Å². The van der Waals surface area contributed by atoms with E-state index >= 15 is 0 Å². The summed E-state index contributed by atoms with van der Waals surface area (Å²) in [5.74, 6) is -0.864. The lowest BCUT2D eigenvalue weighted by molar-refractivity contribution is -0.265. The highest BCUT2D eigenvalue weighted by Crippen LogP contribution is 2.47. The molecule has 194 valence electrons. The van der Waals surface area contributed by atoms with Crippen molar-refractivity contribution >= 4 is 18.4 Å². The van der Waals surface area contributed by atoms with Crippen LogP contribution < -0.4 is 0 Å². The van der Waals surface area contributed by atoms with Crippen LogP contribution in [0.4, 0.5) is 0 Å². The molecule has 0 saturated carbocycles. The quantitative estimate of drug-likeness (QED) is 0.356. The minimum Gasteiger partial charge on any atom is -0.414 e. The van der Waals surface area contributed by atoms with E-state index in [-0.39, 0.29) is 18.3 Å². The summed E-state index contributed by atoms with van der Waals surface area (Å²) in [4.78, 5) is 0. The number of hydrogen-bond donors (Lipinski definition) is 0. The van der Waals surface area contributed by atoms with Crippen molar-refractivity contribution in [1.82, 2.24) is 0 Å². The molecule has 0 radical (unpaired) electrons. The molecule has 34 heavy (non-hydrogen) atoms. The van der Waals surface area contributed by atoms with Crippen LogP contribution in [0.25, 0.3) is 0 Å². The molecular formula is C24H40O8SSi. The SMILES string of the molecule is C[C@@H](OS(C)(=O)=O)[C@]1(CO[Si](C)(C)C(C)(C)C)O[C@@H]2OC(C)(C)O[C@@H]2[C@@H]1OCc1ccccc1. The Bertz CT molecular complexity index is 943. The Labute approximate surface area is 205 Å². The first-order valence-corrected chi connectivity index (χ1v) is 16.4. The lowest BCUT2D eigenvalue weighted by Gasteiger charge is -2.44. The zero-order chi connectivity index (χ0) is 25.6. The Hall–Kier alpha value is -0.853. The normalized spacial score (nSPS) is 30.3. The molecular weight excluding hydrogens is 476 g/mol. The summed E-state index contributed by atoms with van der Waals surface area (Å²) in [6.07, 6.45) is -1.90. The fraction of sp³-hybridized carbons (Fsp3) is 0.750. The van der Waals surface area contributed by atoms with Crippen molar-refractivity contribution in [2.45, 2.75) is 102 Å². The van der Waals surface area contributed by atoms with Crippen LogP contribution in [0.3, 0.4) is 0 Å². The van der Waals surface area contributed by atoms with Gasteiger partial charge in [0.1, 0.15) is 23.9 Å². The minimum atomic E-state index is -3.78. The average molecular weight is 517 g/mol. The van der Waals surface area contributed by atoms with Crippen molar-refractivity contribution in [3.8, 4) is 0 Å². The van der Waals surface area contributed by atoms with Crippen molar-refractivity contribution in [1.29, 1.82) is 0 Å². The van der Waals surface area contributed by atoms with Crippen LogP contribution in [-0.4, -0.2) is 65.6 Å². The number of rotatable bonds is 9. The second kappa shape index (κ2) is 9.55. The van der Waals surface area contributed by atoms with Crippen LogP contribution in [0, 0.1) is 0 Å². The first-order chi connectivity index (χ1) is 15.5. The second-order valence-corrected chi connectivity index (χ2v) is 17.7. The van der Waals surface area contributed by atoms with Gasteiger partial charge in [0, 0.05) is 0 Å². The molecule has 0 N–H and O–H groups in total. The smallest absolute Gasteiger partial charge is 0.264 e. The predicted molar refractivity (Wildman–Crippen MR) is 131 cm³/mol. The lowest BCUT2D eigenvalue weighted by atomic mass is 9.90. The van der Waals surface area contributed by atoms with Gasteiger partial charge in [-0.15, -0.1) is 0 Å². The molecule has 10 heteroatoms. The standard InChI is InChI=1S/C24H40O8SSi/c1-17(32-33(7,25)26)24(16-28-34(8,9)22(2,3)4)20(27-15-18-13-11-10-12-14-18)19-21(31-24)30-23(5,6)29-19/h10-14,17,19-21H,15-16H2,1-9H3/t17-,19-,20+,21+,24+/m1/s1. The third kappa shape index (κ3) is 6.10. The number of fused-ring (bicyclic) bond motifs is 1. The Balaban J connectivity index is 1.98. The fourth-order valence-electron chi connectivity index (χ4n) is 4.02. The van der Waals surface area contributed by atoms with Crippen molar-refractivity contribution in [2.75, 3.05) is 12.9 Å². The maximum atomic E-state index is 12.1. The van der Waals surface area contributed by atoms with Crippen molar-refractivity contribution < 1.29 is 36.0 Å². The van der Waals surface area contributed by atoms with Gasteiger partial charge >= 0.3 is 0 Å². The van der Waals surface area contributed by atoms with Crippen LogP contribution in [-0.2, 0) is 44.3 Å². The van der Waals surface area contributed by atoms with Crippen LogP contribution in [0.2, 0.25) is 18.1 Å². The van der Waals surface area contributed by atoms with E-state index in [9.17, 15) is 8.42 Å². The highest BCUT2D eigenvalue weighted by atomic mass is 32.2. The zero-order valence-electron chi connectivity index (χ0n) is 21.8. The van der Waals surface area contributed by atoms with Gasteiger partial charge in [-0.1, -0.05) is 51.1 Å². The lowest BCUT2D eigenvalue weighted by Crippen LogP contribution is -2.59. The van der Waals surface area contributed by atoms with Gasteiger partial charge in [-0.2, -0.15) is 8.42 Å². The fourth-order valence-corrected chi connectivity index (χ4v) is 5.73. The summed E-state index contributed by atoms with van der Waals surface area (Å²) in [5, 5.41) is -0.0566. The van der Waals surface area contributed by atoms with Gasteiger partial charge in [0.25, 0.3) is 10.1 Å². The van der Waals surface area contributed by atoms with E-state index in [1.54, 1.807) is 6.92 Å². The van der Waals surface area contributed by atoms with Crippen molar-refractivity contribution in [3.05, 3.63) is 35.9 Å². The third-order valence-electron chi connectivity index (χ3n) is 6.95. The Morgan fingerprint density at radius 3 is 2.26 bits per heavy atom. The van der Waals surface area contributed by atoms with Crippen LogP contribution >= 0.6 is 0 Å². The van der Waals surface area contributed by atoms with Gasteiger partial charge in [-0.3, -0.25) is 4.18 Å². The molecule has 2 aliphatic heterocycles. The first kappa shape index (κ1) is 27.7. The Kier molecular flexibility index (Phi) is 7.79. The van der Waals surface area contributed by atoms with Crippen LogP contribution in [0.5, 0.6) is 0 Å². The summed E-state index contributed by atoms with van der Waals surface area (Å²) < 4.78 is 61.4. The van der Waals surface area contributed by atoms with E-state index in [4.69, 9.17) is 27.6 Å². The molecule has 0 aliphatic carbocycles. The molecule has 5 atom stereocenters. The van der Waals surface area contributed by atoms with Crippen LogP contribution in [0.1, 0.15) is 47.1 Å². The molecule has 2 saturated heterocycles. The van der Waals surface area contributed by atoms with E-state index in [2.05, 4.69) is 33.9 Å². The first-order valence-electron chi connectivity index (χ1n) is 11.7. The summed E-state index contributed by atoms with van der Waals surface area (Å²) in [6, 6.07) is 9.75. The molecule has 8 nitrogen and oxygen atoms in total. The van der Waals surface area contributed by atoms with E-state index in [1.807, 2.05) is 44.2 Å². The molecule has 0 amide bonds.